The predicted molar refractivity (Wildman–Crippen MR) is 53.0 cm³/mol. The van der Waals surface area contributed by atoms with Crippen LogP contribution in [0.5, 0.6) is 0 Å². The SMILES string of the molecule is CCOC(=O)c1c(C(F)F)cc(=O)[nH]c1C(F)(F)F. The van der Waals surface area contributed by atoms with Gasteiger partial charge in [0.2, 0.25) is 5.56 Å². The van der Waals surface area contributed by atoms with Crippen LogP contribution in [0, 0.1) is 0 Å². The quantitative estimate of drug-likeness (QED) is 0.685. The number of pyridine rings is 1. The van der Waals surface area contributed by atoms with Gasteiger partial charge in [-0.3, -0.25) is 4.79 Å². The van der Waals surface area contributed by atoms with Gasteiger partial charge in [0.25, 0.3) is 6.43 Å². The van der Waals surface area contributed by atoms with Gasteiger partial charge in [-0.2, -0.15) is 13.2 Å². The summed E-state index contributed by atoms with van der Waals surface area (Å²) in [6.07, 6.45) is -8.57. The summed E-state index contributed by atoms with van der Waals surface area (Å²) < 4.78 is 67.5. The summed E-state index contributed by atoms with van der Waals surface area (Å²) >= 11 is 0. The van der Waals surface area contributed by atoms with E-state index in [0.717, 1.165) is 0 Å². The summed E-state index contributed by atoms with van der Waals surface area (Å²) in [6, 6.07) is 0.242. The van der Waals surface area contributed by atoms with Crippen LogP contribution in [0.2, 0.25) is 0 Å². The summed E-state index contributed by atoms with van der Waals surface area (Å²) in [6.45, 7) is 1.01. The van der Waals surface area contributed by atoms with E-state index in [2.05, 4.69) is 4.74 Å². The standard InChI is InChI=1S/C10H8F5NO3/c1-2-19-9(18)6-4(8(11)12)3-5(17)16-7(6)10(13,14)15/h3,8H,2H2,1H3,(H,16,17). The number of nitrogens with one attached hydrogen (secondary N) is 1. The summed E-state index contributed by atoms with van der Waals surface area (Å²) in [5.74, 6) is -1.57. The van der Waals surface area contributed by atoms with Gasteiger partial charge in [-0.25, -0.2) is 13.6 Å². The lowest BCUT2D eigenvalue weighted by molar-refractivity contribution is -0.142. The Labute approximate surface area is 103 Å². The lowest BCUT2D eigenvalue weighted by atomic mass is 10.1. The zero-order chi connectivity index (χ0) is 14.8. The van der Waals surface area contributed by atoms with Crippen LogP contribution in [-0.4, -0.2) is 17.6 Å². The average molecular weight is 285 g/mol. The molecule has 0 radical (unpaired) electrons. The Kier molecular flexibility index (Phi) is 4.28. The molecule has 0 aromatic carbocycles. The number of halogens is 5. The summed E-state index contributed by atoms with van der Waals surface area (Å²) in [4.78, 5) is 23.7. The average Bonchev–Trinajstić information content (AvgIpc) is 2.26. The molecule has 0 spiro atoms. The lowest BCUT2D eigenvalue weighted by Crippen LogP contribution is -2.24. The first kappa shape index (κ1) is 15.1. The van der Waals surface area contributed by atoms with Crippen molar-refractivity contribution in [2.24, 2.45) is 0 Å². The van der Waals surface area contributed by atoms with Crippen molar-refractivity contribution >= 4 is 5.97 Å². The third-order valence-electron chi connectivity index (χ3n) is 2.07. The molecule has 1 heterocycles. The first-order chi connectivity index (χ1) is 8.68. The van der Waals surface area contributed by atoms with Crippen molar-refractivity contribution in [3.8, 4) is 0 Å². The highest BCUT2D eigenvalue weighted by molar-refractivity contribution is 5.92. The molecule has 0 unspecified atom stereocenters. The largest absolute Gasteiger partial charge is 0.462 e. The number of alkyl halides is 5. The molecule has 19 heavy (non-hydrogen) atoms. The van der Waals surface area contributed by atoms with E-state index in [0.29, 0.717) is 0 Å². The van der Waals surface area contributed by atoms with Crippen LogP contribution in [0.25, 0.3) is 0 Å². The van der Waals surface area contributed by atoms with Gasteiger partial charge in [-0.15, -0.1) is 0 Å². The van der Waals surface area contributed by atoms with Crippen molar-refractivity contribution < 1.29 is 31.5 Å². The van der Waals surface area contributed by atoms with Crippen LogP contribution in [0.1, 0.15) is 35.0 Å². The molecule has 0 saturated heterocycles. The highest BCUT2D eigenvalue weighted by atomic mass is 19.4. The molecule has 0 aliphatic rings. The second kappa shape index (κ2) is 5.37. The maximum atomic E-state index is 12.6. The Balaban J connectivity index is 3.62. The molecule has 0 saturated carbocycles. The third-order valence-corrected chi connectivity index (χ3v) is 2.07. The number of aromatic nitrogens is 1. The first-order valence-corrected chi connectivity index (χ1v) is 4.98. The Bertz CT molecular complexity index is 535. The maximum absolute atomic E-state index is 12.6. The fourth-order valence-electron chi connectivity index (χ4n) is 1.39. The van der Waals surface area contributed by atoms with E-state index in [1.807, 2.05) is 0 Å². The second-order valence-electron chi connectivity index (χ2n) is 3.36. The van der Waals surface area contributed by atoms with Gasteiger partial charge in [-0.1, -0.05) is 0 Å². The van der Waals surface area contributed by atoms with E-state index in [-0.39, 0.29) is 12.7 Å². The Morgan fingerprint density at radius 1 is 1.42 bits per heavy atom. The molecule has 1 aromatic rings. The Morgan fingerprint density at radius 2 is 2.00 bits per heavy atom. The van der Waals surface area contributed by atoms with Gasteiger partial charge in [0, 0.05) is 11.6 Å². The van der Waals surface area contributed by atoms with Gasteiger partial charge in [0.15, 0.2) is 0 Å². The molecular formula is C10H8F5NO3. The van der Waals surface area contributed by atoms with Gasteiger partial charge >= 0.3 is 12.1 Å². The number of hydrogen-bond donors (Lipinski definition) is 1. The van der Waals surface area contributed by atoms with Crippen molar-refractivity contribution in [2.75, 3.05) is 6.61 Å². The molecule has 1 N–H and O–H groups in total. The minimum Gasteiger partial charge on any atom is -0.462 e. The van der Waals surface area contributed by atoms with E-state index < -0.39 is 41.0 Å². The Morgan fingerprint density at radius 3 is 2.42 bits per heavy atom. The van der Waals surface area contributed by atoms with Crippen molar-refractivity contribution in [1.29, 1.82) is 0 Å². The highest BCUT2D eigenvalue weighted by Crippen LogP contribution is 2.34. The molecule has 0 fully saturated rings. The van der Waals surface area contributed by atoms with Crippen LogP contribution in [0.15, 0.2) is 10.9 Å². The van der Waals surface area contributed by atoms with Crippen molar-refractivity contribution in [3.05, 3.63) is 33.2 Å². The summed E-state index contributed by atoms with van der Waals surface area (Å²) in [5.41, 5.74) is -5.90. The molecule has 0 bridgehead atoms. The van der Waals surface area contributed by atoms with E-state index in [1.165, 1.54) is 11.9 Å². The molecule has 0 aliphatic carbocycles. The van der Waals surface area contributed by atoms with Crippen LogP contribution in [0.4, 0.5) is 22.0 Å². The van der Waals surface area contributed by atoms with Crippen molar-refractivity contribution in [3.63, 3.8) is 0 Å². The fraction of sp³-hybridized carbons (Fsp3) is 0.400. The third kappa shape index (κ3) is 3.30. The summed E-state index contributed by atoms with van der Waals surface area (Å²) in [7, 11) is 0. The smallest absolute Gasteiger partial charge is 0.432 e. The molecule has 0 atom stereocenters. The maximum Gasteiger partial charge on any atom is 0.432 e. The number of ether oxygens (including phenoxy) is 1. The van der Waals surface area contributed by atoms with Crippen LogP contribution >= 0.6 is 0 Å². The van der Waals surface area contributed by atoms with Crippen LogP contribution < -0.4 is 5.56 Å². The molecule has 0 aliphatic heterocycles. The zero-order valence-electron chi connectivity index (χ0n) is 9.48. The molecule has 106 valence electrons. The lowest BCUT2D eigenvalue weighted by Gasteiger charge is -2.14. The predicted octanol–water partition coefficient (Wildman–Crippen LogP) is 2.51. The van der Waals surface area contributed by atoms with Crippen LogP contribution in [0.3, 0.4) is 0 Å². The first-order valence-electron chi connectivity index (χ1n) is 4.98. The van der Waals surface area contributed by atoms with E-state index in [4.69, 9.17) is 0 Å². The van der Waals surface area contributed by atoms with Gasteiger partial charge < -0.3 is 9.72 Å². The molecule has 9 heteroatoms. The number of carbonyl (C=O) groups excluding carboxylic acids is 1. The normalized spacial score (nSPS) is 11.7. The zero-order valence-corrected chi connectivity index (χ0v) is 9.48. The Hall–Kier alpha value is -1.93. The molecule has 1 aromatic heterocycles. The topological polar surface area (TPSA) is 59.2 Å². The number of rotatable bonds is 3. The molecule has 0 amide bonds. The monoisotopic (exact) mass is 285 g/mol. The number of carbonyl (C=O) groups is 1. The summed E-state index contributed by atoms with van der Waals surface area (Å²) in [5, 5.41) is 0. The number of aromatic amines is 1. The fourth-order valence-corrected chi connectivity index (χ4v) is 1.39. The van der Waals surface area contributed by atoms with Gasteiger partial charge in [-0.05, 0) is 6.92 Å². The number of hydrogen-bond acceptors (Lipinski definition) is 3. The van der Waals surface area contributed by atoms with E-state index in [9.17, 15) is 31.5 Å². The second-order valence-corrected chi connectivity index (χ2v) is 3.36. The van der Waals surface area contributed by atoms with E-state index in [1.54, 1.807) is 0 Å². The van der Waals surface area contributed by atoms with Crippen molar-refractivity contribution in [1.82, 2.24) is 4.98 Å². The number of H-pyrrole nitrogens is 1. The van der Waals surface area contributed by atoms with Crippen molar-refractivity contribution in [2.45, 2.75) is 19.5 Å². The molecule has 4 nitrogen and oxygen atoms in total. The van der Waals surface area contributed by atoms with E-state index >= 15 is 0 Å². The molecule has 1 rings (SSSR count). The molecular weight excluding hydrogens is 277 g/mol. The minimum atomic E-state index is -5.16. The van der Waals surface area contributed by atoms with Crippen LogP contribution in [-0.2, 0) is 10.9 Å². The number of esters is 1. The van der Waals surface area contributed by atoms with Gasteiger partial charge in [0.1, 0.15) is 5.69 Å². The van der Waals surface area contributed by atoms with Gasteiger partial charge in [0.05, 0.1) is 12.2 Å². The minimum absolute atomic E-state index is 0.242. The highest BCUT2D eigenvalue weighted by Gasteiger charge is 2.40.